The van der Waals surface area contributed by atoms with Crippen LogP contribution in [-0.2, 0) is 4.79 Å². The van der Waals surface area contributed by atoms with Crippen LogP contribution in [-0.4, -0.2) is 28.6 Å². The van der Waals surface area contributed by atoms with Crippen molar-refractivity contribution in [3.8, 4) is 0 Å². The van der Waals surface area contributed by atoms with Crippen molar-refractivity contribution in [3.63, 3.8) is 0 Å². The molecule has 0 radical (unpaired) electrons. The number of carbonyl (C=O) groups excluding carboxylic acids is 1. The van der Waals surface area contributed by atoms with Crippen molar-refractivity contribution in [1.82, 2.24) is 0 Å². The first-order chi connectivity index (χ1) is 7.36. The number of nitrogens with zero attached hydrogens (tertiary/aromatic N) is 2. The maximum absolute atomic E-state index is 12.1. The number of amidine groups is 1. The SMILES string of the molecule is O=C1C2C=CC=CC2=NC2=[N+]1CCCC2. The van der Waals surface area contributed by atoms with E-state index >= 15 is 0 Å². The van der Waals surface area contributed by atoms with Gasteiger partial charge in [-0.1, -0.05) is 18.2 Å². The van der Waals surface area contributed by atoms with Gasteiger partial charge < -0.3 is 0 Å². The van der Waals surface area contributed by atoms with Crippen LogP contribution in [0.5, 0.6) is 0 Å². The van der Waals surface area contributed by atoms with E-state index < -0.39 is 0 Å². The number of allylic oxidation sites excluding steroid dienone is 3. The maximum Gasteiger partial charge on any atom is 0.324 e. The van der Waals surface area contributed by atoms with Crippen molar-refractivity contribution in [2.75, 3.05) is 6.54 Å². The summed E-state index contributed by atoms with van der Waals surface area (Å²) in [6, 6.07) is 0. The Morgan fingerprint density at radius 1 is 1.33 bits per heavy atom. The zero-order valence-electron chi connectivity index (χ0n) is 8.52. The molecule has 2 heterocycles. The fourth-order valence-electron chi connectivity index (χ4n) is 2.33. The minimum atomic E-state index is -0.128. The fourth-order valence-corrected chi connectivity index (χ4v) is 2.33. The van der Waals surface area contributed by atoms with Crippen molar-refractivity contribution in [2.45, 2.75) is 19.3 Å². The van der Waals surface area contributed by atoms with Crippen LogP contribution < -0.4 is 0 Å². The van der Waals surface area contributed by atoms with Crippen LogP contribution in [0.4, 0.5) is 0 Å². The number of rotatable bonds is 0. The van der Waals surface area contributed by atoms with Gasteiger partial charge in [0.05, 0.1) is 13.0 Å². The van der Waals surface area contributed by atoms with E-state index in [4.69, 9.17) is 0 Å². The molecule has 0 aromatic carbocycles. The summed E-state index contributed by atoms with van der Waals surface area (Å²) in [6.07, 6.45) is 11.0. The van der Waals surface area contributed by atoms with Crippen LogP contribution in [0.2, 0.25) is 0 Å². The van der Waals surface area contributed by atoms with E-state index in [-0.39, 0.29) is 11.8 Å². The topological polar surface area (TPSA) is 32.4 Å². The van der Waals surface area contributed by atoms with Crippen molar-refractivity contribution < 1.29 is 9.37 Å². The molecule has 1 unspecified atom stereocenters. The molecule has 0 aromatic heterocycles. The molecule has 0 saturated carbocycles. The number of hydrogen-bond donors (Lipinski definition) is 0. The third kappa shape index (κ3) is 1.30. The maximum atomic E-state index is 12.1. The van der Waals surface area contributed by atoms with Crippen molar-refractivity contribution >= 4 is 17.5 Å². The molecule has 0 spiro atoms. The lowest BCUT2D eigenvalue weighted by Gasteiger charge is -2.20. The zero-order valence-corrected chi connectivity index (χ0v) is 8.52. The highest BCUT2D eigenvalue weighted by Crippen LogP contribution is 2.20. The summed E-state index contributed by atoms with van der Waals surface area (Å²) in [7, 11) is 0. The molecule has 0 fully saturated rings. The third-order valence-electron chi connectivity index (χ3n) is 3.13. The van der Waals surface area contributed by atoms with Crippen molar-refractivity contribution in [2.24, 2.45) is 10.9 Å². The van der Waals surface area contributed by atoms with E-state index in [0.29, 0.717) is 0 Å². The second-order valence-electron chi connectivity index (χ2n) is 4.12. The van der Waals surface area contributed by atoms with Crippen molar-refractivity contribution in [3.05, 3.63) is 24.3 Å². The summed E-state index contributed by atoms with van der Waals surface area (Å²) < 4.78 is 1.86. The van der Waals surface area contributed by atoms with Gasteiger partial charge in [0.1, 0.15) is 5.92 Å². The molecule has 76 valence electrons. The van der Waals surface area contributed by atoms with Crippen LogP contribution in [0.3, 0.4) is 0 Å². The Labute approximate surface area is 88.5 Å². The highest BCUT2D eigenvalue weighted by Gasteiger charge is 2.38. The van der Waals surface area contributed by atoms with Crippen LogP contribution in [0.15, 0.2) is 29.3 Å². The molecule has 0 saturated heterocycles. The molecule has 0 aromatic rings. The number of fused-ring (bicyclic) bond motifs is 1. The van der Waals surface area contributed by atoms with Gasteiger partial charge in [-0.25, -0.2) is 4.79 Å². The van der Waals surface area contributed by atoms with E-state index in [1.165, 1.54) is 0 Å². The Bertz CT molecular complexity index is 441. The molecule has 1 aliphatic carbocycles. The Morgan fingerprint density at radius 2 is 2.27 bits per heavy atom. The van der Waals surface area contributed by atoms with E-state index in [1.54, 1.807) is 0 Å². The number of aliphatic imine (C=N–C) groups is 1. The molecule has 1 amide bonds. The van der Waals surface area contributed by atoms with Crippen molar-refractivity contribution in [1.29, 1.82) is 0 Å². The molecule has 2 aliphatic heterocycles. The van der Waals surface area contributed by atoms with E-state index in [0.717, 1.165) is 37.4 Å². The molecular formula is C12H13N2O+. The molecule has 0 N–H and O–H groups in total. The molecule has 0 bridgehead atoms. The lowest BCUT2D eigenvalue weighted by molar-refractivity contribution is -0.458. The second kappa shape index (κ2) is 3.26. The Balaban J connectivity index is 2.08. The van der Waals surface area contributed by atoms with E-state index in [9.17, 15) is 4.79 Å². The first-order valence-corrected chi connectivity index (χ1v) is 5.47. The molecule has 3 rings (SSSR count). The second-order valence-corrected chi connectivity index (χ2v) is 4.12. The number of amides is 1. The van der Waals surface area contributed by atoms with E-state index in [1.807, 2.05) is 28.9 Å². The van der Waals surface area contributed by atoms with Gasteiger partial charge in [-0.2, -0.15) is 4.58 Å². The minimum Gasteiger partial charge on any atom is -0.246 e. The summed E-state index contributed by atoms with van der Waals surface area (Å²) >= 11 is 0. The fraction of sp³-hybridized carbons (Fsp3) is 0.417. The lowest BCUT2D eigenvalue weighted by atomic mass is 9.94. The summed E-state index contributed by atoms with van der Waals surface area (Å²) in [5, 5.41) is 0. The Hall–Kier alpha value is -1.51. The lowest BCUT2D eigenvalue weighted by Crippen LogP contribution is -2.42. The van der Waals surface area contributed by atoms with E-state index in [2.05, 4.69) is 4.99 Å². The zero-order chi connectivity index (χ0) is 10.3. The van der Waals surface area contributed by atoms with Crippen LogP contribution >= 0.6 is 0 Å². The van der Waals surface area contributed by atoms with Gasteiger partial charge in [-0.05, 0) is 23.9 Å². The molecular weight excluding hydrogens is 188 g/mol. The van der Waals surface area contributed by atoms with Crippen LogP contribution in [0.1, 0.15) is 19.3 Å². The van der Waals surface area contributed by atoms with Gasteiger partial charge in [0.15, 0.2) is 5.71 Å². The minimum absolute atomic E-state index is 0.128. The predicted molar refractivity (Wildman–Crippen MR) is 58.2 cm³/mol. The highest BCUT2D eigenvalue weighted by atomic mass is 16.2. The first kappa shape index (κ1) is 8.77. The molecule has 15 heavy (non-hydrogen) atoms. The Kier molecular flexibility index (Phi) is 1.91. The van der Waals surface area contributed by atoms with Gasteiger partial charge in [-0.3, -0.25) is 0 Å². The third-order valence-corrected chi connectivity index (χ3v) is 3.13. The summed E-state index contributed by atoms with van der Waals surface area (Å²) in [5.74, 6) is 1.05. The first-order valence-electron chi connectivity index (χ1n) is 5.47. The van der Waals surface area contributed by atoms with Gasteiger partial charge >= 0.3 is 11.7 Å². The molecule has 3 aliphatic rings. The highest BCUT2D eigenvalue weighted by molar-refractivity contribution is 6.17. The van der Waals surface area contributed by atoms with Gasteiger partial charge in [0.2, 0.25) is 0 Å². The largest absolute Gasteiger partial charge is 0.324 e. The smallest absolute Gasteiger partial charge is 0.246 e. The predicted octanol–water partition coefficient (Wildman–Crippen LogP) is 1.30. The summed E-state index contributed by atoms with van der Waals surface area (Å²) in [5.41, 5.74) is 0.913. The van der Waals surface area contributed by atoms with Crippen LogP contribution in [0, 0.1) is 5.92 Å². The summed E-state index contributed by atoms with van der Waals surface area (Å²) in [4.78, 5) is 16.7. The summed E-state index contributed by atoms with van der Waals surface area (Å²) in [6.45, 7) is 0.846. The average molecular weight is 201 g/mol. The Morgan fingerprint density at radius 3 is 3.20 bits per heavy atom. The molecule has 3 heteroatoms. The monoisotopic (exact) mass is 201 g/mol. The molecule has 3 nitrogen and oxygen atoms in total. The van der Waals surface area contributed by atoms with Gasteiger partial charge in [-0.15, -0.1) is 0 Å². The van der Waals surface area contributed by atoms with Gasteiger partial charge in [0, 0.05) is 0 Å². The normalized spacial score (nSPS) is 28.7. The quantitative estimate of drug-likeness (QED) is 0.544. The van der Waals surface area contributed by atoms with Crippen LogP contribution in [0.25, 0.3) is 0 Å². The molecule has 1 atom stereocenters. The number of carbonyl (C=O) groups is 1. The standard InChI is InChI=1S/C12H13N2O/c15-12-9-5-1-2-6-10(9)13-11-7-3-4-8-14(11)12/h1-2,5-6,9H,3-4,7-8H2/q+1. The van der Waals surface area contributed by atoms with Gasteiger partial charge in [0.25, 0.3) is 0 Å². The number of hydrogen-bond acceptors (Lipinski definition) is 2. The average Bonchev–Trinajstić information content (AvgIpc) is 2.30.